The SMILES string of the molecule is O=C(O)[C@@H](Cc1cccc2ccccc12)NC(=O)[C@H](O)c1ccc(C(F)(F)F)cc1. The van der Waals surface area contributed by atoms with Crippen LogP contribution in [-0.4, -0.2) is 28.1 Å². The number of amides is 1. The highest BCUT2D eigenvalue weighted by molar-refractivity contribution is 5.89. The van der Waals surface area contributed by atoms with Crippen molar-refractivity contribution in [3.05, 3.63) is 83.4 Å². The Morgan fingerprint density at radius 1 is 0.933 bits per heavy atom. The van der Waals surface area contributed by atoms with Crippen molar-refractivity contribution in [3.63, 3.8) is 0 Å². The van der Waals surface area contributed by atoms with E-state index in [1.54, 1.807) is 12.1 Å². The Bertz CT molecular complexity index is 1060. The summed E-state index contributed by atoms with van der Waals surface area (Å²) in [5.41, 5.74) is -0.294. The smallest absolute Gasteiger partial charge is 0.416 e. The number of carbonyl (C=O) groups excluding carboxylic acids is 1. The van der Waals surface area contributed by atoms with Crippen LogP contribution in [0.5, 0.6) is 0 Å². The molecule has 0 bridgehead atoms. The third kappa shape index (κ3) is 4.77. The maximum absolute atomic E-state index is 12.7. The molecule has 0 spiro atoms. The molecule has 0 saturated carbocycles. The van der Waals surface area contributed by atoms with Crippen molar-refractivity contribution >= 4 is 22.6 Å². The molecular weight excluding hydrogens is 399 g/mol. The van der Waals surface area contributed by atoms with Gasteiger partial charge in [0.1, 0.15) is 6.04 Å². The van der Waals surface area contributed by atoms with Crippen LogP contribution >= 0.6 is 0 Å². The van der Waals surface area contributed by atoms with E-state index in [0.29, 0.717) is 5.56 Å². The number of carbonyl (C=O) groups is 2. The van der Waals surface area contributed by atoms with Gasteiger partial charge in [0.2, 0.25) is 0 Å². The predicted octanol–water partition coefficient (Wildman–Crippen LogP) is 3.70. The summed E-state index contributed by atoms with van der Waals surface area (Å²) in [4.78, 5) is 24.0. The average molecular weight is 417 g/mol. The van der Waals surface area contributed by atoms with Crippen molar-refractivity contribution in [1.82, 2.24) is 5.32 Å². The summed E-state index contributed by atoms with van der Waals surface area (Å²) in [6, 6.07) is 14.9. The number of hydrogen-bond acceptors (Lipinski definition) is 3. The first kappa shape index (κ1) is 21.3. The van der Waals surface area contributed by atoms with E-state index in [2.05, 4.69) is 5.32 Å². The van der Waals surface area contributed by atoms with Crippen molar-refractivity contribution in [1.29, 1.82) is 0 Å². The number of alkyl halides is 3. The van der Waals surface area contributed by atoms with Crippen LogP contribution in [0.15, 0.2) is 66.7 Å². The van der Waals surface area contributed by atoms with Gasteiger partial charge in [-0.2, -0.15) is 13.2 Å². The standard InChI is InChI=1S/C22H18F3NO4/c23-22(24,25)16-10-8-14(9-11-16)19(27)20(28)26-18(21(29)30)12-15-6-3-5-13-4-1-2-7-17(13)15/h1-11,18-19,27H,12H2,(H,26,28)(H,29,30)/t18-,19-/m1/s1. The molecular formula is C22H18F3NO4. The van der Waals surface area contributed by atoms with Crippen molar-refractivity contribution in [3.8, 4) is 0 Å². The second kappa shape index (κ2) is 8.54. The van der Waals surface area contributed by atoms with Gasteiger partial charge >= 0.3 is 12.1 Å². The molecule has 8 heteroatoms. The highest BCUT2D eigenvalue weighted by Gasteiger charge is 2.31. The van der Waals surface area contributed by atoms with E-state index in [4.69, 9.17) is 0 Å². The van der Waals surface area contributed by atoms with Crippen LogP contribution in [0.3, 0.4) is 0 Å². The Morgan fingerprint density at radius 3 is 2.20 bits per heavy atom. The quantitative estimate of drug-likeness (QED) is 0.571. The molecule has 0 aliphatic carbocycles. The van der Waals surface area contributed by atoms with Gasteiger partial charge in [-0.25, -0.2) is 4.79 Å². The Hall–Kier alpha value is -3.39. The fourth-order valence-electron chi connectivity index (χ4n) is 3.15. The molecule has 0 unspecified atom stereocenters. The minimum Gasteiger partial charge on any atom is -0.480 e. The summed E-state index contributed by atoms with van der Waals surface area (Å²) in [7, 11) is 0. The van der Waals surface area contributed by atoms with Crippen LogP contribution in [0.4, 0.5) is 13.2 Å². The molecule has 3 rings (SSSR count). The number of aliphatic hydroxyl groups excluding tert-OH is 1. The number of aliphatic hydroxyl groups is 1. The molecule has 0 aliphatic rings. The highest BCUT2D eigenvalue weighted by Crippen LogP contribution is 2.30. The molecule has 156 valence electrons. The zero-order valence-corrected chi connectivity index (χ0v) is 15.6. The molecule has 0 aromatic heterocycles. The summed E-state index contributed by atoms with van der Waals surface area (Å²) in [6.45, 7) is 0. The summed E-state index contributed by atoms with van der Waals surface area (Å²) in [6.07, 6.45) is -6.37. The van der Waals surface area contributed by atoms with Crippen molar-refractivity contribution in [2.24, 2.45) is 0 Å². The predicted molar refractivity (Wildman–Crippen MR) is 104 cm³/mol. The Balaban J connectivity index is 1.76. The minimum absolute atomic E-state index is 0.0256. The van der Waals surface area contributed by atoms with Gasteiger partial charge in [0.25, 0.3) is 5.91 Å². The zero-order valence-electron chi connectivity index (χ0n) is 15.6. The maximum Gasteiger partial charge on any atom is 0.416 e. The fourth-order valence-corrected chi connectivity index (χ4v) is 3.15. The lowest BCUT2D eigenvalue weighted by atomic mass is 9.98. The number of benzene rings is 3. The van der Waals surface area contributed by atoms with Crippen LogP contribution in [0, 0.1) is 0 Å². The number of halogens is 3. The molecule has 0 radical (unpaired) electrons. The molecule has 30 heavy (non-hydrogen) atoms. The fraction of sp³-hybridized carbons (Fsp3) is 0.182. The van der Waals surface area contributed by atoms with Crippen LogP contribution in [0.25, 0.3) is 10.8 Å². The number of rotatable bonds is 6. The third-order valence-corrected chi connectivity index (χ3v) is 4.72. The van der Waals surface area contributed by atoms with E-state index >= 15 is 0 Å². The minimum atomic E-state index is -4.54. The van der Waals surface area contributed by atoms with Crippen molar-refractivity contribution in [2.45, 2.75) is 24.7 Å². The van der Waals surface area contributed by atoms with E-state index in [1.807, 2.05) is 30.3 Å². The zero-order chi connectivity index (χ0) is 21.9. The number of fused-ring (bicyclic) bond motifs is 1. The normalized spacial score (nSPS) is 13.6. The highest BCUT2D eigenvalue weighted by atomic mass is 19.4. The summed E-state index contributed by atoms with van der Waals surface area (Å²) >= 11 is 0. The van der Waals surface area contributed by atoms with Gasteiger partial charge in [0, 0.05) is 6.42 Å². The second-order valence-corrected chi connectivity index (χ2v) is 6.76. The van der Waals surface area contributed by atoms with Gasteiger partial charge in [0.15, 0.2) is 6.10 Å². The number of carboxylic acids is 1. The molecule has 2 atom stereocenters. The first-order valence-corrected chi connectivity index (χ1v) is 9.02. The molecule has 1 amide bonds. The molecule has 0 fully saturated rings. The lowest BCUT2D eigenvalue weighted by Gasteiger charge is -2.19. The maximum atomic E-state index is 12.7. The molecule has 3 aromatic carbocycles. The van der Waals surface area contributed by atoms with E-state index in [0.717, 1.165) is 35.0 Å². The van der Waals surface area contributed by atoms with E-state index in [9.17, 15) is 33.0 Å². The Kier molecular flexibility index (Phi) is 6.07. The first-order valence-electron chi connectivity index (χ1n) is 9.02. The molecule has 5 nitrogen and oxygen atoms in total. The van der Waals surface area contributed by atoms with Crippen molar-refractivity contribution < 1.29 is 33.0 Å². The second-order valence-electron chi connectivity index (χ2n) is 6.76. The third-order valence-electron chi connectivity index (χ3n) is 4.72. The topological polar surface area (TPSA) is 86.6 Å². The van der Waals surface area contributed by atoms with Crippen LogP contribution in [-0.2, 0) is 22.2 Å². The summed E-state index contributed by atoms with van der Waals surface area (Å²) in [5, 5.41) is 23.7. The Morgan fingerprint density at radius 2 is 1.57 bits per heavy atom. The summed E-state index contributed by atoms with van der Waals surface area (Å²) in [5.74, 6) is -2.31. The van der Waals surface area contributed by atoms with Crippen molar-refractivity contribution in [2.75, 3.05) is 0 Å². The Labute approximate surface area is 169 Å². The van der Waals surface area contributed by atoms with Crippen LogP contribution < -0.4 is 5.32 Å². The van der Waals surface area contributed by atoms with E-state index < -0.39 is 35.8 Å². The molecule has 3 aromatic rings. The molecule has 0 aliphatic heterocycles. The van der Waals surface area contributed by atoms with Gasteiger partial charge in [-0.1, -0.05) is 54.6 Å². The lowest BCUT2D eigenvalue weighted by molar-refractivity contribution is -0.143. The number of nitrogens with one attached hydrogen (secondary N) is 1. The van der Waals surface area contributed by atoms with Crippen LogP contribution in [0.1, 0.15) is 22.8 Å². The average Bonchev–Trinajstić information content (AvgIpc) is 2.72. The first-order chi connectivity index (χ1) is 14.2. The monoisotopic (exact) mass is 417 g/mol. The summed E-state index contributed by atoms with van der Waals surface area (Å²) < 4.78 is 38.0. The number of carboxylic acid groups (broad SMARTS) is 1. The van der Waals surface area contributed by atoms with Gasteiger partial charge < -0.3 is 15.5 Å². The van der Waals surface area contributed by atoms with E-state index in [-0.39, 0.29) is 12.0 Å². The van der Waals surface area contributed by atoms with Gasteiger partial charge in [-0.15, -0.1) is 0 Å². The molecule has 0 saturated heterocycles. The van der Waals surface area contributed by atoms with Gasteiger partial charge in [-0.05, 0) is 34.0 Å². The number of aliphatic carboxylic acids is 1. The molecule has 0 heterocycles. The van der Waals surface area contributed by atoms with Gasteiger partial charge in [-0.3, -0.25) is 4.79 Å². The van der Waals surface area contributed by atoms with Crippen LogP contribution in [0.2, 0.25) is 0 Å². The number of hydrogen-bond donors (Lipinski definition) is 3. The van der Waals surface area contributed by atoms with Gasteiger partial charge in [0.05, 0.1) is 5.56 Å². The largest absolute Gasteiger partial charge is 0.480 e. The molecule has 3 N–H and O–H groups in total. The lowest BCUT2D eigenvalue weighted by Crippen LogP contribution is -2.44. The van der Waals surface area contributed by atoms with E-state index in [1.165, 1.54) is 0 Å².